The van der Waals surface area contributed by atoms with E-state index in [0.717, 1.165) is 4.90 Å². The van der Waals surface area contributed by atoms with Gasteiger partial charge in [-0.15, -0.1) is 0 Å². The molecule has 0 aliphatic carbocycles. The zero-order valence-electron chi connectivity index (χ0n) is 10.7. The summed E-state index contributed by atoms with van der Waals surface area (Å²) in [5.41, 5.74) is 6.07. The summed E-state index contributed by atoms with van der Waals surface area (Å²) < 4.78 is 4.75. The third-order valence-corrected chi connectivity index (χ3v) is 3.28. The van der Waals surface area contributed by atoms with E-state index in [1.807, 2.05) is 0 Å². The number of nitrogens with zero attached hydrogens (tertiary/aromatic N) is 1. The summed E-state index contributed by atoms with van der Waals surface area (Å²) >= 11 is 11.9. The molecular formula is C12H11Cl2N3O4. The van der Waals surface area contributed by atoms with Crippen molar-refractivity contribution in [3.8, 4) is 0 Å². The maximum Gasteiger partial charge on any atom is 0.255 e. The Morgan fingerprint density at radius 3 is 2.29 bits per heavy atom. The summed E-state index contributed by atoms with van der Waals surface area (Å²) in [7, 11) is 0. The molecule has 0 bridgehead atoms. The molecule has 1 aromatic rings. The predicted molar refractivity (Wildman–Crippen MR) is 77.0 cm³/mol. The van der Waals surface area contributed by atoms with Gasteiger partial charge in [0.15, 0.2) is 0 Å². The minimum atomic E-state index is -0.604. The first kappa shape index (κ1) is 15.6. The minimum absolute atomic E-state index is 0.160. The van der Waals surface area contributed by atoms with Crippen molar-refractivity contribution in [2.24, 2.45) is 0 Å². The number of benzene rings is 1. The van der Waals surface area contributed by atoms with Gasteiger partial charge in [-0.25, -0.2) is 0 Å². The molecule has 1 aliphatic rings. The van der Waals surface area contributed by atoms with Crippen molar-refractivity contribution in [1.29, 1.82) is 0 Å². The molecule has 3 N–H and O–H groups in total. The summed E-state index contributed by atoms with van der Waals surface area (Å²) in [6.07, 6.45) is 0. The first-order valence-corrected chi connectivity index (χ1v) is 6.59. The number of morpholine rings is 1. The van der Waals surface area contributed by atoms with Gasteiger partial charge in [0.05, 0.1) is 15.7 Å². The molecule has 21 heavy (non-hydrogen) atoms. The number of nitrogens with one attached hydrogen (secondary N) is 1. The Kier molecular flexibility index (Phi) is 4.66. The zero-order valence-corrected chi connectivity index (χ0v) is 12.2. The number of carbonyl (C=O) groups is 3. The number of ether oxygens (including phenoxy) is 1. The van der Waals surface area contributed by atoms with E-state index in [0.29, 0.717) is 5.69 Å². The number of imide groups is 1. The van der Waals surface area contributed by atoms with Crippen LogP contribution in [0.4, 0.5) is 11.4 Å². The number of rotatable bonds is 3. The molecule has 1 heterocycles. The summed E-state index contributed by atoms with van der Waals surface area (Å²) in [5.74, 6) is -1.75. The maximum atomic E-state index is 11.9. The molecule has 112 valence electrons. The normalized spacial score (nSPS) is 15.2. The number of anilines is 2. The Morgan fingerprint density at radius 1 is 1.24 bits per heavy atom. The van der Waals surface area contributed by atoms with E-state index in [1.54, 1.807) is 0 Å². The van der Waals surface area contributed by atoms with E-state index in [-0.39, 0.29) is 28.9 Å². The number of nitrogen functional groups attached to an aromatic ring is 1. The largest absolute Gasteiger partial charge is 0.399 e. The quantitative estimate of drug-likeness (QED) is 0.632. The van der Waals surface area contributed by atoms with E-state index in [2.05, 4.69) is 5.32 Å². The number of carbonyl (C=O) groups excluding carboxylic acids is 3. The fourth-order valence-corrected chi connectivity index (χ4v) is 2.33. The van der Waals surface area contributed by atoms with E-state index >= 15 is 0 Å². The molecule has 0 spiro atoms. The Labute approximate surface area is 129 Å². The minimum Gasteiger partial charge on any atom is -0.399 e. The van der Waals surface area contributed by atoms with Crippen molar-refractivity contribution in [2.45, 2.75) is 0 Å². The molecular weight excluding hydrogens is 321 g/mol. The van der Waals surface area contributed by atoms with Gasteiger partial charge in [0.25, 0.3) is 11.8 Å². The van der Waals surface area contributed by atoms with Crippen LogP contribution in [0.2, 0.25) is 10.0 Å². The maximum absolute atomic E-state index is 11.9. The smallest absolute Gasteiger partial charge is 0.255 e. The van der Waals surface area contributed by atoms with Gasteiger partial charge in [-0.05, 0) is 12.1 Å². The lowest BCUT2D eigenvalue weighted by atomic mass is 10.2. The highest BCUT2D eigenvalue weighted by atomic mass is 35.5. The summed E-state index contributed by atoms with van der Waals surface area (Å²) in [6.45, 7) is -0.900. The first-order valence-electron chi connectivity index (χ1n) is 5.84. The molecule has 2 rings (SSSR count). The lowest BCUT2D eigenvalue weighted by Crippen LogP contribution is -2.49. The van der Waals surface area contributed by atoms with E-state index < -0.39 is 24.3 Å². The molecule has 0 atom stereocenters. The van der Waals surface area contributed by atoms with Crippen molar-refractivity contribution in [2.75, 3.05) is 30.8 Å². The van der Waals surface area contributed by atoms with Gasteiger partial charge in [-0.3, -0.25) is 19.3 Å². The van der Waals surface area contributed by atoms with Gasteiger partial charge in [0.1, 0.15) is 19.8 Å². The molecule has 0 radical (unpaired) electrons. The molecule has 3 amide bonds. The van der Waals surface area contributed by atoms with E-state index in [4.69, 9.17) is 33.7 Å². The van der Waals surface area contributed by atoms with Crippen LogP contribution in [0.15, 0.2) is 12.1 Å². The first-order chi connectivity index (χ1) is 9.88. The van der Waals surface area contributed by atoms with Crippen LogP contribution in [0, 0.1) is 0 Å². The van der Waals surface area contributed by atoms with Crippen LogP contribution in [0.1, 0.15) is 0 Å². The molecule has 7 nitrogen and oxygen atoms in total. The van der Waals surface area contributed by atoms with Crippen molar-refractivity contribution < 1.29 is 19.1 Å². The zero-order chi connectivity index (χ0) is 15.6. The second kappa shape index (κ2) is 6.30. The fourth-order valence-electron chi connectivity index (χ4n) is 1.73. The molecule has 0 unspecified atom stereocenters. The lowest BCUT2D eigenvalue weighted by molar-refractivity contribution is -0.159. The number of halogens is 2. The average Bonchev–Trinajstić information content (AvgIpc) is 2.38. The third kappa shape index (κ3) is 3.63. The summed E-state index contributed by atoms with van der Waals surface area (Å²) in [5, 5.41) is 2.77. The van der Waals surface area contributed by atoms with Crippen LogP contribution in [0.5, 0.6) is 0 Å². The summed E-state index contributed by atoms with van der Waals surface area (Å²) in [4.78, 5) is 35.7. The van der Waals surface area contributed by atoms with Gasteiger partial charge in [0, 0.05) is 5.69 Å². The number of nitrogens with two attached hydrogens (primary N) is 1. The molecule has 1 aromatic carbocycles. The fraction of sp³-hybridized carbons (Fsp3) is 0.250. The van der Waals surface area contributed by atoms with Crippen LogP contribution in [-0.2, 0) is 19.1 Å². The van der Waals surface area contributed by atoms with Gasteiger partial charge >= 0.3 is 0 Å². The van der Waals surface area contributed by atoms with Gasteiger partial charge < -0.3 is 15.8 Å². The van der Waals surface area contributed by atoms with Gasteiger partial charge in [-0.2, -0.15) is 0 Å². The Hall–Kier alpha value is -1.83. The monoisotopic (exact) mass is 331 g/mol. The molecule has 0 aromatic heterocycles. The average molecular weight is 332 g/mol. The Morgan fingerprint density at radius 2 is 1.76 bits per heavy atom. The van der Waals surface area contributed by atoms with Crippen LogP contribution in [0.25, 0.3) is 0 Å². The molecule has 0 saturated carbocycles. The van der Waals surface area contributed by atoms with Crippen LogP contribution < -0.4 is 11.1 Å². The Balaban J connectivity index is 2.08. The number of amides is 3. The van der Waals surface area contributed by atoms with Gasteiger partial charge in [0.2, 0.25) is 5.91 Å². The SMILES string of the molecule is Nc1cc(Cl)c(NC(=O)CN2C(=O)COCC2=O)c(Cl)c1. The van der Waals surface area contributed by atoms with Crippen LogP contribution in [0.3, 0.4) is 0 Å². The highest BCUT2D eigenvalue weighted by Crippen LogP contribution is 2.32. The molecule has 1 aliphatic heterocycles. The van der Waals surface area contributed by atoms with E-state index in [9.17, 15) is 14.4 Å². The van der Waals surface area contributed by atoms with Crippen molar-refractivity contribution in [3.05, 3.63) is 22.2 Å². The highest BCUT2D eigenvalue weighted by molar-refractivity contribution is 6.40. The topological polar surface area (TPSA) is 102 Å². The molecule has 9 heteroatoms. The summed E-state index contributed by atoms with van der Waals surface area (Å²) in [6, 6.07) is 2.85. The van der Waals surface area contributed by atoms with Crippen molar-refractivity contribution in [1.82, 2.24) is 4.90 Å². The highest BCUT2D eigenvalue weighted by Gasteiger charge is 2.28. The predicted octanol–water partition coefficient (Wildman–Crippen LogP) is 0.900. The molecule has 1 fully saturated rings. The van der Waals surface area contributed by atoms with Crippen molar-refractivity contribution >= 4 is 52.3 Å². The van der Waals surface area contributed by atoms with Gasteiger partial charge in [-0.1, -0.05) is 23.2 Å². The number of hydrogen-bond donors (Lipinski definition) is 2. The third-order valence-electron chi connectivity index (χ3n) is 2.68. The van der Waals surface area contributed by atoms with Crippen molar-refractivity contribution in [3.63, 3.8) is 0 Å². The lowest BCUT2D eigenvalue weighted by Gasteiger charge is -2.24. The number of hydrogen-bond acceptors (Lipinski definition) is 5. The van der Waals surface area contributed by atoms with Crippen LogP contribution in [-0.4, -0.2) is 42.4 Å². The second-order valence-corrected chi connectivity index (χ2v) is 5.09. The molecule has 1 saturated heterocycles. The van der Waals surface area contributed by atoms with Crippen LogP contribution >= 0.6 is 23.2 Å². The second-order valence-electron chi connectivity index (χ2n) is 4.27. The standard InChI is InChI=1S/C12H11Cl2N3O4/c13-7-1-6(15)2-8(14)12(7)16-9(18)3-17-10(19)4-21-5-11(17)20/h1-2H,3-5,15H2,(H,16,18). The Bertz CT molecular complexity index is 582. The van der Waals surface area contributed by atoms with E-state index in [1.165, 1.54) is 12.1 Å².